The van der Waals surface area contributed by atoms with Crippen LogP contribution in [0.25, 0.3) is 5.69 Å². The van der Waals surface area contributed by atoms with E-state index in [9.17, 15) is 9.59 Å². The molecule has 1 aromatic heterocycles. The molecule has 3 aromatic rings. The maximum Gasteiger partial charge on any atom is 0.365 e. The van der Waals surface area contributed by atoms with E-state index < -0.39 is 6.04 Å². The van der Waals surface area contributed by atoms with E-state index in [1.54, 1.807) is 0 Å². The summed E-state index contributed by atoms with van der Waals surface area (Å²) in [6.07, 6.45) is 0.565. The van der Waals surface area contributed by atoms with E-state index in [1.807, 2.05) is 67.1 Å². The molecule has 2 N–H and O–H groups in total. The lowest BCUT2D eigenvalue weighted by Gasteiger charge is -2.31. The Bertz CT molecular complexity index is 1110. The molecular weight excluding hydrogens is 392 g/mol. The number of anilines is 1. The highest BCUT2D eigenvalue weighted by molar-refractivity contribution is 5.93. The molecule has 2 heterocycles. The van der Waals surface area contributed by atoms with Gasteiger partial charge >= 0.3 is 5.97 Å². The second-order valence-corrected chi connectivity index (χ2v) is 7.90. The molecule has 160 valence electrons. The largest absolute Gasteiger partial charge is 0.465 e. The van der Waals surface area contributed by atoms with Crippen LogP contribution in [-0.4, -0.2) is 41.4 Å². The van der Waals surface area contributed by atoms with Gasteiger partial charge in [-0.15, -0.1) is 0 Å². The summed E-state index contributed by atoms with van der Waals surface area (Å²) < 4.78 is 6.85. The van der Waals surface area contributed by atoms with Crippen LogP contribution in [0.2, 0.25) is 0 Å². The quantitative estimate of drug-likeness (QED) is 0.616. The summed E-state index contributed by atoms with van der Waals surface area (Å²) in [4.78, 5) is 26.3. The minimum atomic E-state index is -0.403. The molecule has 7 heteroatoms. The van der Waals surface area contributed by atoms with Gasteiger partial charge in [0.25, 0.3) is 5.91 Å². The number of aromatic nitrogens is 2. The molecule has 0 saturated heterocycles. The summed E-state index contributed by atoms with van der Waals surface area (Å²) >= 11 is 0. The second kappa shape index (κ2) is 8.73. The molecule has 31 heavy (non-hydrogen) atoms. The van der Waals surface area contributed by atoms with Gasteiger partial charge in [-0.25, -0.2) is 9.48 Å². The van der Waals surface area contributed by atoms with E-state index in [0.29, 0.717) is 18.7 Å². The second-order valence-electron chi connectivity index (χ2n) is 7.90. The molecule has 0 radical (unpaired) electrons. The first-order chi connectivity index (χ1) is 15.0. The van der Waals surface area contributed by atoms with Gasteiger partial charge in [0.05, 0.1) is 29.9 Å². The van der Waals surface area contributed by atoms with E-state index in [4.69, 9.17) is 4.74 Å². The van der Waals surface area contributed by atoms with Crippen molar-refractivity contribution in [2.24, 2.45) is 0 Å². The summed E-state index contributed by atoms with van der Waals surface area (Å²) in [6, 6.07) is 17.5. The molecule has 0 fully saturated rings. The number of esters is 1. The first-order valence-electron chi connectivity index (χ1n) is 10.4. The Balaban J connectivity index is 1.53. The summed E-state index contributed by atoms with van der Waals surface area (Å²) in [6.45, 7) is 4.58. The lowest BCUT2D eigenvalue weighted by molar-refractivity contribution is -0.924. The number of rotatable bonds is 5. The zero-order chi connectivity index (χ0) is 22.0. The van der Waals surface area contributed by atoms with Crippen LogP contribution in [0.4, 0.5) is 5.69 Å². The Hall–Kier alpha value is -3.45. The van der Waals surface area contributed by atoms with Crippen LogP contribution in [0.3, 0.4) is 0 Å². The van der Waals surface area contributed by atoms with Gasteiger partial charge in [-0.05, 0) is 31.5 Å². The number of quaternary nitrogens is 1. The molecule has 1 aliphatic rings. The van der Waals surface area contributed by atoms with Crippen molar-refractivity contribution in [3.63, 3.8) is 0 Å². The molecule has 0 spiro atoms. The van der Waals surface area contributed by atoms with Crippen molar-refractivity contribution in [3.05, 3.63) is 77.1 Å². The van der Waals surface area contributed by atoms with Gasteiger partial charge in [-0.3, -0.25) is 4.79 Å². The highest BCUT2D eigenvalue weighted by atomic mass is 16.5. The summed E-state index contributed by atoms with van der Waals surface area (Å²) in [7, 11) is 1.39. The van der Waals surface area contributed by atoms with E-state index in [1.165, 1.54) is 7.11 Å². The number of carbonyl (C=O) groups is 2. The van der Waals surface area contributed by atoms with Crippen molar-refractivity contribution in [1.82, 2.24) is 9.78 Å². The Morgan fingerprint density at radius 2 is 1.77 bits per heavy atom. The summed E-state index contributed by atoms with van der Waals surface area (Å²) in [5, 5.41) is 7.61. The van der Waals surface area contributed by atoms with Crippen molar-refractivity contribution in [1.29, 1.82) is 0 Å². The Morgan fingerprint density at radius 3 is 2.48 bits per heavy atom. The zero-order valence-corrected chi connectivity index (χ0v) is 18.0. The standard InChI is InChI=1S/C24H26N4O3/c1-16-23(17(2)28(26-16)20-11-5-4-6-12-20)25-22(29)15-27-14-19-10-8-7-9-18(19)13-21(27)24(30)31-3/h4-12,21H,13-15H2,1-3H3,(H,25,29)/p+1/t21-/m0/s1. The lowest BCUT2D eigenvalue weighted by Crippen LogP contribution is -3.17. The van der Waals surface area contributed by atoms with Crippen LogP contribution in [-0.2, 0) is 27.3 Å². The molecule has 0 saturated carbocycles. The van der Waals surface area contributed by atoms with Crippen LogP contribution < -0.4 is 10.2 Å². The summed E-state index contributed by atoms with van der Waals surface area (Å²) in [5.41, 5.74) is 5.55. The predicted octanol–water partition coefficient (Wildman–Crippen LogP) is 1.61. The number of nitrogens with zero attached hydrogens (tertiary/aromatic N) is 2. The van der Waals surface area contributed by atoms with Crippen molar-refractivity contribution in [2.45, 2.75) is 32.9 Å². The molecular formula is C24H27N4O3+. The van der Waals surface area contributed by atoms with Crippen molar-refractivity contribution in [2.75, 3.05) is 19.0 Å². The molecule has 2 aromatic carbocycles. The first-order valence-corrected chi connectivity index (χ1v) is 10.4. The number of ether oxygens (including phenoxy) is 1. The number of nitrogens with one attached hydrogen (secondary N) is 2. The number of hydrogen-bond acceptors (Lipinski definition) is 4. The highest BCUT2D eigenvalue weighted by Gasteiger charge is 2.37. The zero-order valence-electron chi connectivity index (χ0n) is 18.0. The minimum absolute atomic E-state index is 0.151. The van der Waals surface area contributed by atoms with Gasteiger partial charge in [0.15, 0.2) is 12.6 Å². The molecule has 0 aliphatic carbocycles. The van der Waals surface area contributed by atoms with Gasteiger partial charge in [-0.1, -0.05) is 42.5 Å². The topological polar surface area (TPSA) is 77.7 Å². The fourth-order valence-corrected chi connectivity index (χ4v) is 4.27. The first kappa shape index (κ1) is 20.8. The molecule has 4 rings (SSSR count). The van der Waals surface area contributed by atoms with Crippen molar-refractivity contribution < 1.29 is 19.2 Å². The van der Waals surface area contributed by atoms with Crippen molar-refractivity contribution in [3.8, 4) is 5.69 Å². The third-order valence-corrected chi connectivity index (χ3v) is 5.88. The van der Waals surface area contributed by atoms with E-state index >= 15 is 0 Å². The van der Waals surface area contributed by atoms with Gasteiger partial charge in [-0.2, -0.15) is 5.10 Å². The average Bonchev–Trinajstić information content (AvgIpc) is 3.07. The number of methoxy groups -OCH3 is 1. The number of hydrogen-bond donors (Lipinski definition) is 2. The van der Waals surface area contributed by atoms with E-state index in [2.05, 4.69) is 16.5 Å². The monoisotopic (exact) mass is 419 g/mol. The molecule has 2 atom stereocenters. The molecule has 1 aliphatic heterocycles. The lowest BCUT2D eigenvalue weighted by atomic mass is 9.94. The maximum atomic E-state index is 13.0. The van der Waals surface area contributed by atoms with Gasteiger partial charge < -0.3 is 15.0 Å². The summed E-state index contributed by atoms with van der Waals surface area (Å²) in [5.74, 6) is -0.441. The van der Waals surface area contributed by atoms with Gasteiger partial charge in [0.2, 0.25) is 0 Å². The van der Waals surface area contributed by atoms with Crippen LogP contribution in [0, 0.1) is 13.8 Å². The Kier molecular flexibility index (Phi) is 5.86. The van der Waals surface area contributed by atoms with Crippen LogP contribution in [0.5, 0.6) is 0 Å². The smallest absolute Gasteiger partial charge is 0.365 e. The predicted molar refractivity (Wildman–Crippen MR) is 117 cm³/mol. The number of amides is 1. The average molecular weight is 420 g/mol. The third kappa shape index (κ3) is 4.22. The molecule has 0 bridgehead atoms. The number of para-hydroxylation sites is 1. The third-order valence-electron chi connectivity index (χ3n) is 5.88. The molecule has 1 amide bonds. The number of benzene rings is 2. The molecule has 1 unspecified atom stereocenters. The minimum Gasteiger partial charge on any atom is -0.465 e. The number of aryl methyl sites for hydroxylation is 1. The van der Waals surface area contributed by atoms with Gasteiger partial charge in [0.1, 0.15) is 6.54 Å². The fraction of sp³-hybridized carbons (Fsp3) is 0.292. The number of fused-ring (bicyclic) bond motifs is 1. The number of carbonyl (C=O) groups excluding carboxylic acids is 2. The van der Waals surface area contributed by atoms with Crippen LogP contribution in [0.1, 0.15) is 22.5 Å². The van der Waals surface area contributed by atoms with E-state index in [-0.39, 0.29) is 18.4 Å². The fourth-order valence-electron chi connectivity index (χ4n) is 4.27. The van der Waals surface area contributed by atoms with E-state index in [0.717, 1.165) is 33.1 Å². The van der Waals surface area contributed by atoms with Crippen molar-refractivity contribution >= 4 is 17.6 Å². The maximum absolute atomic E-state index is 13.0. The normalized spacial score (nSPS) is 17.6. The SMILES string of the molecule is COC(=O)[C@@H]1Cc2ccccc2C[NH+]1CC(=O)Nc1c(C)nn(-c2ccccc2)c1C. The molecule has 7 nitrogen and oxygen atoms in total. The van der Waals surface area contributed by atoms with Crippen LogP contribution >= 0.6 is 0 Å². The van der Waals surface area contributed by atoms with Gasteiger partial charge in [0, 0.05) is 12.0 Å². The Labute approximate surface area is 181 Å². The highest BCUT2D eigenvalue weighted by Crippen LogP contribution is 2.22. The Morgan fingerprint density at radius 1 is 1.10 bits per heavy atom. The van der Waals surface area contributed by atoms with Crippen LogP contribution in [0.15, 0.2) is 54.6 Å².